The van der Waals surface area contributed by atoms with Gasteiger partial charge in [-0.2, -0.15) is 0 Å². The van der Waals surface area contributed by atoms with Crippen LogP contribution in [0.5, 0.6) is 0 Å². The minimum absolute atomic E-state index is 0.564. The van der Waals surface area contributed by atoms with Gasteiger partial charge in [0.15, 0.2) is 0 Å². The van der Waals surface area contributed by atoms with Crippen molar-refractivity contribution in [1.82, 2.24) is 5.32 Å². The first kappa shape index (κ1) is 19.1. The number of carbonyl (C=O) groups is 1. The lowest BCUT2D eigenvalue weighted by atomic mass is 9.90. The molecule has 132 valence electrons. The van der Waals surface area contributed by atoms with E-state index in [-0.39, 0.29) is 0 Å². The van der Waals surface area contributed by atoms with Crippen LogP contribution in [0.2, 0.25) is 0 Å². The Bertz CT molecular complexity index is 752. The molecule has 1 N–H and O–H groups in total. The molecule has 2 aromatic carbocycles. The molecule has 2 aromatic rings. The van der Waals surface area contributed by atoms with Crippen LogP contribution in [0.25, 0.3) is 10.8 Å². The smallest absolute Gasteiger partial charge is 0.140 e. The molecule has 0 atom stereocenters. The summed E-state index contributed by atoms with van der Waals surface area (Å²) in [5, 5.41) is 6.01. The molecule has 0 saturated carbocycles. The maximum Gasteiger partial charge on any atom is 0.140 e. The number of fused-ring (bicyclic) bond motifs is 1. The standard InChI is InChI=1S/C23H29NO/c1-18(2)12-14-23(17-25,15-13-19(3)4)24-16-21-10-7-9-20-8-5-6-11-22(20)21/h5-13,17,24H,14-16H2,1-4H3. The topological polar surface area (TPSA) is 29.1 Å². The number of aldehydes is 1. The Balaban J connectivity index is 2.27. The summed E-state index contributed by atoms with van der Waals surface area (Å²) in [7, 11) is 0. The highest BCUT2D eigenvalue weighted by molar-refractivity contribution is 5.85. The van der Waals surface area contributed by atoms with Crippen molar-refractivity contribution in [2.24, 2.45) is 0 Å². The lowest BCUT2D eigenvalue weighted by molar-refractivity contribution is -0.113. The zero-order chi connectivity index (χ0) is 18.3. The maximum atomic E-state index is 12.0. The molecule has 0 radical (unpaired) electrons. The van der Waals surface area contributed by atoms with Crippen LogP contribution in [0.15, 0.2) is 65.8 Å². The Hall–Kier alpha value is -2.19. The van der Waals surface area contributed by atoms with Crippen LogP contribution in [0, 0.1) is 0 Å². The number of allylic oxidation sites excluding steroid dienone is 2. The molecule has 0 aromatic heterocycles. The lowest BCUT2D eigenvalue weighted by Gasteiger charge is -2.28. The SMILES string of the molecule is CC(C)=CCC(C=O)(CC=C(C)C)NCc1cccc2ccccc12. The molecule has 0 aliphatic carbocycles. The van der Waals surface area contributed by atoms with E-state index in [1.165, 1.54) is 27.5 Å². The number of nitrogens with one attached hydrogen (secondary N) is 1. The summed E-state index contributed by atoms with van der Waals surface area (Å²) in [5.41, 5.74) is 3.12. The van der Waals surface area contributed by atoms with Gasteiger partial charge < -0.3 is 10.1 Å². The van der Waals surface area contributed by atoms with Crippen LogP contribution in [0.3, 0.4) is 0 Å². The van der Waals surface area contributed by atoms with Crippen molar-refractivity contribution in [1.29, 1.82) is 0 Å². The van der Waals surface area contributed by atoms with Gasteiger partial charge in [-0.25, -0.2) is 0 Å². The number of hydrogen-bond donors (Lipinski definition) is 1. The lowest BCUT2D eigenvalue weighted by Crippen LogP contribution is -2.45. The third-order valence-electron chi connectivity index (χ3n) is 4.49. The van der Waals surface area contributed by atoms with Crippen LogP contribution in [-0.2, 0) is 11.3 Å². The highest BCUT2D eigenvalue weighted by Crippen LogP contribution is 2.22. The summed E-state index contributed by atoms with van der Waals surface area (Å²) in [6.45, 7) is 8.96. The van der Waals surface area contributed by atoms with Crippen LogP contribution < -0.4 is 5.32 Å². The van der Waals surface area contributed by atoms with Gasteiger partial charge in [0, 0.05) is 6.54 Å². The summed E-state index contributed by atoms with van der Waals surface area (Å²) < 4.78 is 0. The molecule has 0 bridgehead atoms. The summed E-state index contributed by atoms with van der Waals surface area (Å²) in [6.07, 6.45) is 6.77. The quantitative estimate of drug-likeness (QED) is 0.504. The van der Waals surface area contributed by atoms with E-state index in [1.807, 2.05) is 0 Å². The molecule has 0 heterocycles. The predicted octanol–water partition coefficient (Wildman–Crippen LogP) is 5.58. The van der Waals surface area contributed by atoms with Crippen molar-refractivity contribution in [3.05, 3.63) is 71.3 Å². The van der Waals surface area contributed by atoms with E-state index in [2.05, 4.69) is 87.6 Å². The fourth-order valence-corrected chi connectivity index (χ4v) is 2.86. The Labute approximate surface area is 151 Å². The molecule has 0 saturated heterocycles. The summed E-state index contributed by atoms with van der Waals surface area (Å²) >= 11 is 0. The van der Waals surface area contributed by atoms with Crippen LogP contribution in [0.4, 0.5) is 0 Å². The Morgan fingerprint density at radius 2 is 1.52 bits per heavy atom. The molecule has 0 fully saturated rings. The fourth-order valence-electron chi connectivity index (χ4n) is 2.86. The van der Waals surface area contributed by atoms with E-state index in [1.54, 1.807) is 0 Å². The third kappa shape index (κ3) is 5.40. The number of hydrogen-bond acceptors (Lipinski definition) is 2. The van der Waals surface area contributed by atoms with Gasteiger partial charge in [-0.05, 0) is 56.9 Å². The van der Waals surface area contributed by atoms with Gasteiger partial charge in [0.05, 0.1) is 5.54 Å². The molecule has 0 unspecified atom stereocenters. The van der Waals surface area contributed by atoms with Crippen molar-refractivity contribution < 1.29 is 4.79 Å². The summed E-state index contributed by atoms with van der Waals surface area (Å²) in [4.78, 5) is 12.0. The van der Waals surface area contributed by atoms with E-state index in [9.17, 15) is 4.79 Å². The molecule has 0 aliphatic heterocycles. The number of carbonyl (C=O) groups excluding carboxylic acids is 1. The number of rotatable bonds is 8. The molecular formula is C23H29NO. The molecular weight excluding hydrogens is 306 g/mol. The Morgan fingerprint density at radius 3 is 2.12 bits per heavy atom. The van der Waals surface area contributed by atoms with E-state index in [4.69, 9.17) is 0 Å². The van der Waals surface area contributed by atoms with Gasteiger partial charge in [0.25, 0.3) is 0 Å². The third-order valence-corrected chi connectivity index (χ3v) is 4.49. The van der Waals surface area contributed by atoms with Gasteiger partial charge in [0.2, 0.25) is 0 Å². The molecule has 0 spiro atoms. The van der Waals surface area contributed by atoms with E-state index in [0.717, 1.165) is 6.29 Å². The van der Waals surface area contributed by atoms with Crippen molar-refractivity contribution >= 4 is 17.1 Å². The van der Waals surface area contributed by atoms with Crippen molar-refractivity contribution in [2.45, 2.75) is 52.6 Å². The second-order valence-electron chi connectivity index (χ2n) is 7.24. The first-order valence-corrected chi connectivity index (χ1v) is 8.90. The van der Waals surface area contributed by atoms with Crippen LogP contribution in [0.1, 0.15) is 46.1 Å². The highest BCUT2D eigenvalue weighted by Gasteiger charge is 2.27. The second kappa shape index (κ2) is 8.77. The van der Waals surface area contributed by atoms with Gasteiger partial charge in [-0.15, -0.1) is 0 Å². The number of benzene rings is 2. The second-order valence-corrected chi connectivity index (χ2v) is 7.24. The molecule has 0 aliphatic rings. The predicted molar refractivity (Wildman–Crippen MR) is 108 cm³/mol. The normalized spacial score (nSPS) is 11.2. The van der Waals surface area contributed by atoms with Crippen LogP contribution >= 0.6 is 0 Å². The maximum absolute atomic E-state index is 12.0. The molecule has 2 rings (SSSR count). The zero-order valence-corrected chi connectivity index (χ0v) is 15.8. The van der Waals surface area contributed by atoms with Gasteiger partial charge >= 0.3 is 0 Å². The summed E-state index contributed by atoms with van der Waals surface area (Å²) in [6, 6.07) is 14.7. The average molecular weight is 335 g/mol. The Kier molecular flexibility index (Phi) is 6.72. The van der Waals surface area contributed by atoms with E-state index >= 15 is 0 Å². The van der Waals surface area contributed by atoms with Crippen molar-refractivity contribution in [3.8, 4) is 0 Å². The highest BCUT2D eigenvalue weighted by atomic mass is 16.1. The van der Waals surface area contributed by atoms with E-state index in [0.29, 0.717) is 19.4 Å². The first-order valence-electron chi connectivity index (χ1n) is 8.90. The molecule has 2 nitrogen and oxygen atoms in total. The summed E-state index contributed by atoms with van der Waals surface area (Å²) in [5.74, 6) is 0. The van der Waals surface area contributed by atoms with Gasteiger partial charge in [0.1, 0.15) is 6.29 Å². The average Bonchev–Trinajstić information content (AvgIpc) is 2.61. The van der Waals surface area contributed by atoms with Crippen molar-refractivity contribution in [3.63, 3.8) is 0 Å². The van der Waals surface area contributed by atoms with Gasteiger partial charge in [-0.1, -0.05) is 65.8 Å². The van der Waals surface area contributed by atoms with Crippen LogP contribution in [-0.4, -0.2) is 11.8 Å². The molecule has 2 heteroatoms. The van der Waals surface area contributed by atoms with Crippen molar-refractivity contribution in [2.75, 3.05) is 0 Å². The van der Waals surface area contributed by atoms with Gasteiger partial charge in [-0.3, -0.25) is 0 Å². The largest absolute Gasteiger partial charge is 0.301 e. The minimum Gasteiger partial charge on any atom is -0.301 e. The molecule has 0 amide bonds. The monoisotopic (exact) mass is 335 g/mol. The Morgan fingerprint density at radius 1 is 0.920 bits per heavy atom. The first-order chi connectivity index (χ1) is 12.0. The zero-order valence-electron chi connectivity index (χ0n) is 15.8. The minimum atomic E-state index is -0.564. The molecule has 25 heavy (non-hydrogen) atoms. The van der Waals surface area contributed by atoms with E-state index < -0.39 is 5.54 Å². The fraction of sp³-hybridized carbons (Fsp3) is 0.348.